The van der Waals surface area contributed by atoms with Gasteiger partial charge in [0.2, 0.25) is 5.95 Å². The Kier molecular flexibility index (Phi) is 5.65. The van der Waals surface area contributed by atoms with E-state index < -0.39 is 0 Å². The Morgan fingerprint density at radius 1 is 0.939 bits per heavy atom. The van der Waals surface area contributed by atoms with Crippen molar-refractivity contribution in [1.29, 1.82) is 0 Å². The summed E-state index contributed by atoms with van der Waals surface area (Å²) in [6.07, 6.45) is 9.45. The van der Waals surface area contributed by atoms with Crippen molar-refractivity contribution >= 4 is 22.7 Å². The van der Waals surface area contributed by atoms with Crippen molar-refractivity contribution in [2.75, 3.05) is 36.5 Å². The molecule has 0 amide bonds. The predicted octanol–water partition coefficient (Wildman–Crippen LogP) is 3.09. The van der Waals surface area contributed by atoms with Crippen LogP contribution in [0.25, 0.3) is 11.0 Å². The van der Waals surface area contributed by atoms with Crippen LogP contribution in [0.3, 0.4) is 0 Å². The Bertz CT molecular complexity index is 1130. The quantitative estimate of drug-likeness (QED) is 0.632. The number of anilines is 2. The number of fused-ring (bicyclic) bond motifs is 2. The van der Waals surface area contributed by atoms with Crippen molar-refractivity contribution in [3.8, 4) is 5.75 Å². The highest BCUT2D eigenvalue weighted by Crippen LogP contribution is 2.33. The normalized spacial score (nSPS) is 22.8. The Balaban J connectivity index is 1.13. The summed E-state index contributed by atoms with van der Waals surface area (Å²) in [5.41, 5.74) is 4.90. The van der Waals surface area contributed by atoms with Gasteiger partial charge in [0.25, 0.3) is 0 Å². The average molecular weight is 449 g/mol. The molecule has 0 radical (unpaired) electrons. The second-order valence-electron chi connectivity index (χ2n) is 8.86. The van der Waals surface area contributed by atoms with Crippen LogP contribution < -0.4 is 15.0 Å². The first-order chi connectivity index (χ1) is 16.3. The summed E-state index contributed by atoms with van der Waals surface area (Å²) in [6, 6.07) is 4.57. The van der Waals surface area contributed by atoms with Crippen molar-refractivity contribution in [3.05, 3.63) is 42.0 Å². The van der Waals surface area contributed by atoms with E-state index in [4.69, 9.17) is 14.2 Å². The fourth-order valence-electron chi connectivity index (χ4n) is 4.82. The van der Waals surface area contributed by atoms with Gasteiger partial charge in [-0.2, -0.15) is 0 Å². The molecule has 1 saturated heterocycles. The van der Waals surface area contributed by atoms with Crippen molar-refractivity contribution in [2.24, 2.45) is 0 Å². The van der Waals surface area contributed by atoms with E-state index in [0.717, 1.165) is 85.7 Å². The molecule has 3 aliphatic rings. The first kappa shape index (κ1) is 20.6. The van der Waals surface area contributed by atoms with Gasteiger partial charge in [0.1, 0.15) is 11.3 Å². The smallest absolute Gasteiger partial charge is 0.223 e. The third kappa shape index (κ3) is 4.43. The molecule has 1 aliphatic carbocycles. The standard InChI is InChI=1S/C24H28N6O3/c1-3-19(4-2-17(1)28-24-27-13-16-14-32-15-21(16)29-24)33-22-12-18(30-7-9-31-10-8-30)11-20-23(22)26-6-5-25-20/h5-6,11-13,17,19H,1-4,7-10,14-15H2,(H,27,28,29). The fourth-order valence-corrected chi connectivity index (χ4v) is 4.82. The number of rotatable bonds is 5. The molecule has 9 heteroatoms. The molecule has 4 heterocycles. The zero-order chi connectivity index (χ0) is 22.0. The molecule has 33 heavy (non-hydrogen) atoms. The molecule has 3 aromatic rings. The van der Waals surface area contributed by atoms with E-state index >= 15 is 0 Å². The van der Waals surface area contributed by atoms with Crippen LogP contribution in [0.1, 0.15) is 36.9 Å². The number of aromatic nitrogens is 4. The Morgan fingerprint density at radius 3 is 2.67 bits per heavy atom. The minimum atomic E-state index is 0.155. The van der Waals surface area contributed by atoms with Gasteiger partial charge >= 0.3 is 0 Å². The third-order valence-electron chi connectivity index (χ3n) is 6.65. The minimum absolute atomic E-state index is 0.155. The summed E-state index contributed by atoms with van der Waals surface area (Å²) in [7, 11) is 0. The van der Waals surface area contributed by atoms with Crippen molar-refractivity contribution in [3.63, 3.8) is 0 Å². The largest absolute Gasteiger partial charge is 0.488 e. The van der Waals surface area contributed by atoms with E-state index in [1.807, 2.05) is 6.20 Å². The van der Waals surface area contributed by atoms with Crippen LogP contribution in [0.2, 0.25) is 0 Å². The fraction of sp³-hybridized carbons (Fsp3) is 0.500. The van der Waals surface area contributed by atoms with Crippen LogP contribution >= 0.6 is 0 Å². The average Bonchev–Trinajstić information content (AvgIpc) is 3.34. The van der Waals surface area contributed by atoms with Crippen LogP contribution in [-0.2, 0) is 22.7 Å². The number of ether oxygens (including phenoxy) is 3. The second-order valence-corrected chi connectivity index (χ2v) is 8.86. The van der Waals surface area contributed by atoms with Gasteiger partial charge in [-0.15, -0.1) is 0 Å². The molecule has 172 valence electrons. The molecule has 6 rings (SSSR count). The number of benzene rings is 1. The molecule has 0 unspecified atom stereocenters. The van der Waals surface area contributed by atoms with Crippen molar-refractivity contribution < 1.29 is 14.2 Å². The van der Waals surface area contributed by atoms with Crippen LogP contribution in [0, 0.1) is 0 Å². The zero-order valence-corrected chi connectivity index (χ0v) is 18.6. The van der Waals surface area contributed by atoms with Gasteiger partial charge in [-0.05, 0) is 31.7 Å². The molecule has 1 aromatic carbocycles. The third-order valence-corrected chi connectivity index (χ3v) is 6.65. The molecule has 0 atom stereocenters. The van der Waals surface area contributed by atoms with Gasteiger partial charge in [0.05, 0.1) is 43.7 Å². The number of nitrogens with one attached hydrogen (secondary N) is 1. The van der Waals surface area contributed by atoms with Gasteiger partial charge in [0, 0.05) is 55.0 Å². The van der Waals surface area contributed by atoms with Gasteiger partial charge in [0.15, 0.2) is 0 Å². The summed E-state index contributed by atoms with van der Waals surface area (Å²) in [5, 5.41) is 3.50. The number of hydrogen-bond donors (Lipinski definition) is 1. The van der Waals surface area contributed by atoms with Gasteiger partial charge in [-0.3, -0.25) is 4.98 Å². The lowest BCUT2D eigenvalue weighted by Crippen LogP contribution is -2.36. The maximum atomic E-state index is 6.52. The van der Waals surface area contributed by atoms with E-state index in [2.05, 4.69) is 42.3 Å². The lowest BCUT2D eigenvalue weighted by Gasteiger charge is -2.31. The number of hydrogen-bond acceptors (Lipinski definition) is 9. The van der Waals surface area contributed by atoms with Crippen LogP contribution in [-0.4, -0.2) is 58.4 Å². The molecular weight excluding hydrogens is 420 g/mol. The van der Waals surface area contributed by atoms with Crippen LogP contribution in [0.5, 0.6) is 5.75 Å². The summed E-state index contributed by atoms with van der Waals surface area (Å²) >= 11 is 0. The van der Waals surface area contributed by atoms with Crippen LogP contribution in [0.4, 0.5) is 11.6 Å². The number of morpholine rings is 1. The van der Waals surface area contributed by atoms with E-state index in [9.17, 15) is 0 Å². The van der Waals surface area contributed by atoms with Gasteiger partial charge in [-0.1, -0.05) is 0 Å². The maximum Gasteiger partial charge on any atom is 0.223 e. The molecule has 9 nitrogen and oxygen atoms in total. The molecule has 2 fully saturated rings. The molecule has 1 N–H and O–H groups in total. The summed E-state index contributed by atoms with van der Waals surface area (Å²) in [6.45, 7) is 4.43. The Morgan fingerprint density at radius 2 is 1.79 bits per heavy atom. The molecule has 0 bridgehead atoms. The SMILES string of the molecule is c1cnc2c(OC3CCC(Nc4ncc5c(n4)COC5)CC3)cc(N3CCOCC3)cc2n1. The monoisotopic (exact) mass is 448 g/mol. The summed E-state index contributed by atoms with van der Waals surface area (Å²) < 4.78 is 17.5. The highest BCUT2D eigenvalue weighted by atomic mass is 16.5. The predicted molar refractivity (Wildman–Crippen MR) is 123 cm³/mol. The maximum absolute atomic E-state index is 6.52. The van der Waals surface area contributed by atoms with Crippen molar-refractivity contribution in [1.82, 2.24) is 19.9 Å². The molecule has 2 aliphatic heterocycles. The first-order valence-electron chi connectivity index (χ1n) is 11.7. The molecule has 0 spiro atoms. The highest BCUT2D eigenvalue weighted by Gasteiger charge is 2.25. The Labute approximate surface area is 192 Å². The topological polar surface area (TPSA) is 94.5 Å². The highest BCUT2D eigenvalue weighted by molar-refractivity contribution is 5.85. The second kappa shape index (κ2) is 9.07. The summed E-state index contributed by atoms with van der Waals surface area (Å²) in [4.78, 5) is 20.5. The molecule has 2 aromatic heterocycles. The van der Waals surface area contributed by atoms with Gasteiger partial charge < -0.3 is 24.4 Å². The Hall–Kier alpha value is -3.04. The molecular formula is C24H28N6O3. The van der Waals surface area contributed by atoms with Crippen LogP contribution in [0.15, 0.2) is 30.7 Å². The minimum Gasteiger partial charge on any atom is -0.488 e. The van der Waals surface area contributed by atoms with E-state index in [1.165, 1.54) is 0 Å². The number of nitrogens with zero attached hydrogens (tertiary/aromatic N) is 5. The lowest BCUT2D eigenvalue weighted by molar-refractivity contribution is 0.122. The zero-order valence-electron chi connectivity index (χ0n) is 18.6. The van der Waals surface area contributed by atoms with E-state index in [1.54, 1.807) is 12.4 Å². The lowest BCUT2D eigenvalue weighted by atomic mass is 9.93. The summed E-state index contributed by atoms with van der Waals surface area (Å²) in [5.74, 6) is 1.52. The van der Waals surface area contributed by atoms with E-state index in [-0.39, 0.29) is 6.10 Å². The first-order valence-corrected chi connectivity index (χ1v) is 11.7. The van der Waals surface area contributed by atoms with E-state index in [0.29, 0.717) is 25.2 Å². The van der Waals surface area contributed by atoms with Crippen molar-refractivity contribution in [2.45, 2.75) is 51.0 Å². The molecule has 1 saturated carbocycles. The van der Waals surface area contributed by atoms with Gasteiger partial charge in [-0.25, -0.2) is 15.0 Å².